The molecule has 0 atom stereocenters. The van der Waals surface area contributed by atoms with Crippen molar-refractivity contribution in [1.29, 1.82) is 0 Å². The van der Waals surface area contributed by atoms with E-state index in [0.717, 1.165) is 6.42 Å². The van der Waals surface area contributed by atoms with E-state index in [-0.39, 0.29) is 5.41 Å². The fourth-order valence-corrected chi connectivity index (χ4v) is 2.87. The smallest absolute Gasteiger partial charge is 0.0482 e. The molecule has 110 valence electrons. The van der Waals surface area contributed by atoms with Gasteiger partial charge in [0.2, 0.25) is 0 Å². The summed E-state index contributed by atoms with van der Waals surface area (Å²) in [6.45, 7) is 11.6. The first-order valence-electron chi connectivity index (χ1n) is 7.45. The number of hydrogen-bond donors (Lipinski definition) is 1. The maximum atomic E-state index is 9.15. The van der Waals surface area contributed by atoms with Crippen molar-refractivity contribution in [3.63, 3.8) is 0 Å². The molecule has 0 unspecified atom stereocenters. The van der Waals surface area contributed by atoms with E-state index in [9.17, 15) is 0 Å². The Bertz CT molecular complexity index is 194. The molecule has 0 aromatic carbocycles. The fourth-order valence-electron chi connectivity index (χ4n) is 1.85. The SMILES string of the molecule is CC(C)(C)CCCCSCCCCC(C)(C)CO. The van der Waals surface area contributed by atoms with Gasteiger partial charge in [-0.15, -0.1) is 0 Å². The molecular formula is C16H34OS. The van der Waals surface area contributed by atoms with E-state index in [1.54, 1.807) is 0 Å². The van der Waals surface area contributed by atoms with Gasteiger partial charge in [0, 0.05) is 6.61 Å². The summed E-state index contributed by atoms with van der Waals surface area (Å²) in [6, 6.07) is 0. The molecule has 0 aliphatic heterocycles. The van der Waals surface area contributed by atoms with Gasteiger partial charge in [0.15, 0.2) is 0 Å². The fraction of sp³-hybridized carbons (Fsp3) is 1.00. The van der Waals surface area contributed by atoms with Gasteiger partial charge < -0.3 is 5.11 Å². The maximum Gasteiger partial charge on any atom is 0.0482 e. The van der Waals surface area contributed by atoms with Gasteiger partial charge >= 0.3 is 0 Å². The Morgan fingerprint density at radius 3 is 1.72 bits per heavy atom. The van der Waals surface area contributed by atoms with Gasteiger partial charge in [-0.2, -0.15) is 11.8 Å². The quantitative estimate of drug-likeness (QED) is 0.558. The highest BCUT2D eigenvalue weighted by atomic mass is 32.2. The predicted molar refractivity (Wildman–Crippen MR) is 85.3 cm³/mol. The Morgan fingerprint density at radius 2 is 1.28 bits per heavy atom. The highest BCUT2D eigenvalue weighted by Gasteiger charge is 2.15. The Hall–Kier alpha value is 0.310. The molecule has 0 saturated heterocycles. The minimum atomic E-state index is 0.122. The zero-order valence-electron chi connectivity index (χ0n) is 13.2. The molecule has 0 fully saturated rings. The van der Waals surface area contributed by atoms with Gasteiger partial charge in [0.05, 0.1) is 0 Å². The van der Waals surface area contributed by atoms with Crippen LogP contribution in [0.25, 0.3) is 0 Å². The number of thioether (sulfide) groups is 1. The second-order valence-corrected chi connectivity index (χ2v) is 8.63. The van der Waals surface area contributed by atoms with Gasteiger partial charge in [0.25, 0.3) is 0 Å². The van der Waals surface area contributed by atoms with Crippen LogP contribution in [-0.4, -0.2) is 23.2 Å². The minimum Gasteiger partial charge on any atom is -0.396 e. The van der Waals surface area contributed by atoms with Crippen LogP contribution < -0.4 is 0 Å². The first kappa shape index (κ1) is 18.3. The van der Waals surface area contributed by atoms with E-state index in [0.29, 0.717) is 12.0 Å². The average molecular weight is 275 g/mol. The van der Waals surface area contributed by atoms with Gasteiger partial charge in [-0.25, -0.2) is 0 Å². The molecule has 1 N–H and O–H groups in total. The van der Waals surface area contributed by atoms with E-state index in [1.165, 1.54) is 43.6 Å². The summed E-state index contributed by atoms with van der Waals surface area (Å²) in [6.07, 6.45) is 7.78. The van der Waals surface area contributed by atoms with Crippen LogP contribution in [0.5, 0.6) is 0 Å². The van der Waals surface area contributed by atoms with E-state index < -0.39 is 0 Å². The molecule has 18 heavy (non-hydrogen) atoms. The molecular weight excluding hydrogens is 240 g/mol. The first-order chi connectivity index (χ1) is 8.27. The number of rotatable bonds is 10. The van der Waals surface area contributed by atoms with Crippen LogP contribution in [0, 0.1) is 10.8 Å². The predicted octanol–water partition coefficient (Wildman–Crippen LogP) is 5.12. The molecule has 0 aromatic heterocycles. The lowest BCUT2D eigenvalue weighted by Gasteiger charge is -2.20. The normalized spacial score (nSPS) is 13.0. The molecule has 0 heterocycles. The zero-order valence-corrected chi connectivity index (χ0v) is 14.0. The third-order valence-electron chi connectivity index (χ3n) is 3.29. The van der Waals surface area contributed by atoms with Crippen molar-refractivity contribution < 1.29 is 5.11 Å². The lowest BCUT2D eigenvalue weighted by molar-refractivity contribution is 0.148. The van der Waals surface area contributed by atoms with Gasteiger partial charge in [0.1, 0.15) is 0 Å². The standard InChI is InChI=1S/C16H34OS/c1-15(2,3)10-6-8-12-18-13-9-7-11-16(4,5)14-17/h17H,6-14H2,1-5H3. The van der Waals surface area contributed by atoms with Crippen molar-refractivity contribution in [3.8, 4) is 0 Å². The molecule has 2 heteroatoms. The number of aliphatic hydroxyl groups excluding tert-OH is 1. The number of aliphatic hydroxyl groups is 1. The van der Waals surface area contributed by atoms with Crippen molar-refractivity contribution in [1.82, 2.24) is 0 Å². The third-order valence-corrected chi connectivity index (χ3v) is 4.44. The van der Waals surface area contributed by atoms with Crippen molar-refractivity contribution in [2.75, 3.05) is 18.1 Å². The van der Waals surface area contributed by atoms with Crippen LogP contribution in [-0.2, 0) is 0 Å². The molecule has 0 radical (unpaired) electrons. The van der Waals surface area contributed by atoms with Crippen LogP contribution in [0.4, 0.5) is 0 Å². The van der Waals surface area contributed by atoms with E-state index in [1.807, 2.05) is 0 Å². The number of hydrogen-bond acceptors (Lipinski definition) is 2. The Morgan fingerprint density at radius 1 is 0.778 bits per heavy atom. The number of unbranched alkanes of at least 4 members (excludes halogenated alkanes) is 2. The van der Waals surface area contributed by atoms with Crippen molar-refractivity contribution >= 4 is 11.8 Å². The Labute approximate surface area is 119 Å². The molecule has 0 amide bonds. The summed E-state index contributed by atoms with van der Waals surface area (Å²) < 4.78 is 0. The molecule has 1 nitrogen and oxygen atoms in total. The van der Waals surface area contributed by atoms with Gasteiger partial charge in [-0.3, -0.25) is 0 Å². The summed E-state index contributed by atoms with van der Waals surface area (Å²) in [5, 5.41) is 9.15. The van der Waals surface area contributed by atoms with Crippen LogP contribution in [0.15, 0.2) is 0 Å². The van der Waals surface area contributed by atoms with Crippen molar-refractivity contribution in [3.05, 3.63) is 0 Å². The van der Waals surface area contributed by atoms with Gasteiger partial charge in [-0.05, 0) is 48.0 Å². The Kier molecular flexibility index (Phi) is 9.41. The molecule has 0 spiro atoms. The first-order valence-corrected chi connectivity index (χ1v) is 8.61. The van der Waals surface area contributed by atoms with E-state index in [2.05, 4.69) is 46.4 Å². The molecule has 0 rings (SSSR count). The lowest BCUT2D eigenvalue weighted by Crippen LogP contribution is -2.16. The largest absolute Gasteiger partial charge is 0.396 e. The van der Waals surface area contributed by atoms with E-state index >= 15 is 0 Å². The monoisotopic (exact) mass is 274 g/mol. The second kappa shape index (κ2) is 9.25. The highest BCUT2D eigenvalue weighted by molar-refractivity contribution is 7.99. The summed E-state index contributed by atoms with van der Waals surface area (Å²) in [7, 11) is 0. The summed E-state index contributed by atoms with van der Waals surface area (Å²) in [5.74, 6) is 2.61. The molecule has 0 aromatic rings. The second-order valence-electron chi connectivity index (χ2n) is 7.41. The average Bonchev–Trinajstić information content (AvgIpc) is 2.25. The van der Waals surface area contributed by atoms with Crippen LogP contribution >= 0.6 is 11.8 Å². The van der Waals surface area contributed by atoms with Crippen LogP contribution in [0.1, 0.15) is 73.1 Å². The van der Waals surface area contributed by atoms with Gasteiger partial charge in [-0.1, -0.05) is 47.5 Å². The van der Waals surface area contributed by atoms with E-state index in [4.69, 9.17) is 5.11 Å². The van der Waals surface area contributed by atoms with Crippen molar-refractivity contribution in [2.24, 2.45) is 10.8 Å². The molecule has 0 aliphatic carbocycles. The molecule has 0 bridgehead atoms. The topological polar surface area (TPSA) is 20.2 Å². The van der Waals surface area contributed by atoms with Crippen LogP contribution in [0.2, 0.25) is 0 Å². The summed E-state index contributed by atoms with van der Waals surface area (Å²) in [4.78, 5) is 0. The highest BCUT2D eigenvalue weighted by Crippen LogP contribution is 2.24. The lowest BCUT2D eigenvalue weighted by atomic mass is 9.88. The summed E-state index contributed by atoms with van der Waals surface area (Å²) >= 11 is 2.10. The zero-order chi connectivity index (χ0) is 14.1. The van der Waals surface area contributed by atoms with Crippen molar-refractivity contribution in [2.45, 2.75) is 73.1 Å². The minimum absolute atomic E-state index is 0.122. The third kappa shape index (κ3) is 12.8. The van der Waals surface area contributed by atoms with Crippen LogP contribution in [0.3, 0.4) is 0 Å². The molecule has 0 aliphatic rings. The summed E-state index contributed by atoms with van der Waals surface area (Å²) in [5.41, 5.74) is 0.623. The maximum absolute atomic E-state index is 9.15. The molecule has 0 saturated carbocycles. The Balaban J connectivity index is 3.22.